The van der Waals surface area contributed by atoms with Crippen molar-refractivity contribution >= 4 is 33.9 Å². The van der Waals surface area contributed by atoms with Crippen LogP contribution in [0.5, 0.6) is 0 Å². The molecule has 1 aromatic heterocycles. The lowest BCUT2D eigenvalue weighted by Crippen LogP contribution is -2.47. The molecule has 0 saturated heterocycles. The van der Waals surface area contributed by atoms with Crippen LogP contribution in [0, 0.1) is 23.7 Å². The number of carbonyl (C=O) groups excluding carboxylic acids is 2. The third-order valence-electron chi connectivity index (χ3n) is 12.0. The first-order chi connectivity index (χ1) is 25.6. The number of benzene rings is 3. The number of alkyl halides is 4. The molecule has 286 valence electrons. The van der Waals surface area contributed by atoms with Gasteiger partial charge in [-0.15, -0.1) is 0 Å². The molecular formula is C44H50F4N4O2. The number of Topliss-reactive ketones (excluding diaryl/α,β-unsaturated/α-hetero) is 1. The Kier molecular flexibility index (Phi) is 10.6. The van der Waals surface area contributed by atoms with Gasteiger partial charge in [0.2, 0.25) is 17.8 Å². The van der Waals surface area contributed by atoms with Gasteiger partial charge in [-0.25, -0.2) is 22.5 Å². The number of ketones is 1. The molecule has 0 bridgehead atoms. The zero-order valence-electron chi connectivity index (χ0n) is 31.5. The minimum Gasteiger partial charge on any atom is -0.348 e. The molecule has 2 atom stereocenters. The third-order valence-corrected chi connectivity index (χ3v) is 12.0. The lowest BCUT2D eigenvalue weighted by molar-refractivity contribution is -0.130. The topological polar surface area (TPSA) is 87.2 Å². The van der Waals surface area contributed by atoms with Gasteiger partial charge in [-0.3, -0.25) is 14.6 Å². The average Bonchev–Trinajstić information content (AvgIpc) is 3.79. The number of aromatic nitrogens is 2. The number of H-pyrrole nitrogens is 1. The van der Waals surface area contributed by atoms with Crippen LogP contribution in [0.1, 0.15) is 103 Å². The first-order valence-electron chi connectivity index (χ1n) is 19.5. The monoisotopic (exact) mass is 742 g/mol. The Hall–Kier alpha value is -4.34. The van der Waals surface area contributed by atoms with Crippen molar-refractivity contribution in [1.82, 2.24) is 15.3 Å². The van der Waals surface area contributed by atoms with Crippen molar-refractivity contribution in [2.24, 2.45) is 28.7 Å². The third kappa shape index (κ3) is 8.32. The van der Waals surface area contributed by atoms with Crippen LogP contribution in [-0.4, -0.2) is 45.3 Å². The number of hydrogen-bond donors (Lipinski definition) is 2. The Morgan fingerprint density at radius 1 is 0.778 bits per heavy atom. The van der Waals surface area contributed by atoms with Crippen molar-refractivity contribution < 1.29 is 27.2 Å². The summed E-state index contributed by atoms with van der Waals surface area (Å²) in [4.78, 5) is 39.3. The number of imidazole rings is 1. The summed E-state index contributed by atoms with van der Waals surface area (Å²) >= 11 is 0. The van der Waals surface area contributed by atoms with Crippen molar-refractivity contribution in [3.05, 3.63) is 72.2 Å². The van der Waals surface area contributed by atoms with Gasteiger partial charge in [0, 0.05) is 67.6 Å². The van der Waals surface area contributed by atoms with Crippen LogP contribution in [0.4, 0.5) is 23.2 Å². The molecule has 1 aliphatic heterocycles. The number of nitrogens with one attached hydrogen (secondary N) is 2. The maximum atomic E-state index is 13.7. The first-order valence-corrected chi connectivity index (χ1v) is 19.5. The van der Waals surface area contributed by atoms with Gasteiger partial charge in [0.05, 0.1) is 23.6 Å². The summed E-state index contributed by atoms with van der Waals surface area (Å²) in [7, 11) is 0. The predicted molar refractivity (Wildman–Crippen MR) is 206 cm³/mol. The minimum absolute atomic E-state index is 0.0525. The van der Waals surface area contributed by atoms with Crippen LogP contribution in [-0.2, 0) is 16.0 Å². The molecule has 2 saturated carbocycles. The summed E-state index contributed by atoms with van der Waals surface area (Å²) in [5.74, 6) is -5.27. The predicted octanol–water partition coefficient (Wildman–Crippen LogP) is 11.0. The zero-order valence-corrected chi connectivity index (χ0v) is 31.5. The quantitative estimate of drug-likeness (QED) is 0.150. The molecule has 3 aliphatic rings. The van der Waals surface area contributed by atoms with Gasteiger partial charge < -0.3 is 10.3 Å². The number of carbonyl (C=O) groups is 2. The molecule has 10 heteroatoms. The first kappa shape index (κ1) is 38.0. The number of hydrogen-bond acceptors (Lipinski definition) is 4. The molecule has 1 amide bonds. The van der Waals surface area contributed by atoms with Crippen molar-refractivity contribution in [1.29, 1.82) is 0 Å². The van der Waals surface area contributed by atoms with Crippen LogP contribution in [0.2, 0.25) is 0 Å². The second-order valence-corrected chi connectivity index (χ2v) is 16.6. The smallest absolute Gasteiger partial charge is 0.248 e. The molecule has 2 fully saturated rings. The van der Waals surface area contributed by atoms with E-state index >= 15 is 0 Å². The zero-order chi connectivity index (χ0) is 38.4. The summed E-state index contributed by atoms with van der Waals surface area (Å²) in [5.41, 5.74) is 6.85. The fourth-order valence-electron chi connectivity index (χ4n) is 8.45. The van der Waals surface area contributed by atoms with Crippen LogP contribution in [0.3, 0.4) is 0 Å². The van der Waals surface area contributed by atoms with E-state index < -0.39 is 17.8 Å². The number of aliphatic imine (C=N–C) groups is 1. The molecule has 54 heavy (non-hydrogen) atoms. The average molecular weight is 743 g/mol. The van der Waals surface area contributed by atoms with Crippen LogP contribution in [0.25, 0.3) is 33.2 Å². The van der Waals surface area contributed by atoms with E-state index in [2.05, 4.69) is 77.7 Å². The Morgan fingerprint density at radius 3 is 1.98 bits per heavy atom. The Bertz CT molecular complexity index is 2050. The molecule has 0 radical (unpaired) electrons. The number of nitrogens with zero attached hydrogens (tertiary/aromatic N) is 2. The molecule has 4 aromatic rings. The highest BCUT2D eigenvalue weighted by molar-refractivity contribution is 6.01. The van der Waals surface area contributed by atoms with Crippen molar-refractivity contribution in [3.8, 4) is 22.4 Å². The lowest BCUT2D eigenvalue weighted by Gasteiger charge is -2.30. The number of rotatable bonds is 11. The molecule has 2 heterocycles. The van der Waals surface area contributed by atoms with Gasteiger partial charge in [0.15, 0.2) is 0 Å². The SMILES string of the molecule is CC(C)[C@H](NC(=O)C1CCC(F)(F)CC1)C1=Nc2ccc(-c3ccc4cc(-c5cnc([C@@H](CC(=O)C6CCC(F)(F)CC6)C(C)C)[nH]5)ccc4c3)cc2C1. The summed E-state index contributed by atoms with van der Waals surface area (Å²) in [6.07, 6.45) is 2.70. The van der Waals surface area contributed by atoms with Crippen molar-refractivity contribution in [3.63, 3.8) is 0 Å². The molecule has 3 aromatic carbocycles. The van der Waals surface area contributed by atoms with E-state index in [4.69, 9.17) is 4.99 Å². The fourth-order valence-corrected chi connectivity index (χ4v) is 8.45. The number of halogens is 4. The van der Waals surface area contributed by atoms with Crippen LogP contribution in [0.15, 0.2) is 65.8 Å². The number of amides is 1. The van der Waals surface area contributed by atoms with Crippen molar-refractivity contribution in [2.45, 2.75) is 116 Å². The van der Waals surface area contributed by atoms with E-state index in [-0.39, 0.29) is 92.8 Å². The van der Waals surface area contributed by atoms with Gasteiger partial charge in [-0.1, -0.05) is 58.0 Å². The highest BCUT2D eigenvalue weighted by atomic mass is 19.3. The summed E-state index contributed by atoms with van der Waals surface area (Å²) in [6, 6.07) is 18.6. The van der Waals surface area contributed by atoms with E-state index in [0.717, 1.165) is 55.9 Å². The summed E-state index contributed by atoms with van der Waals surface area (Å²) < 4.78 is 54.8. The molecule has 7 rings (SSSR count). The molecule has 0 spiro atoms. The molecular weight excluding hydrogens is 693 g/mol. The Balaban J connectivity index is 1.02. The second-order valence-electron chi connectivity index (χ2n) is 16.6. The van der Waals surface area contributed by atoms with E-state index in [9.17, 15) is 27.2 Å². The minimum atomic E-state index is -2.67. The van der Waals surface area contributed by atoms with Crippen LogP contribution < -0.4 is 5.32 Å². The van der Waals surface area contributed by atoms with Crippen LogP contribution >= 0.6 is 0 Å². The molecule has 6 nitrogen and oxygen atoms in total. The van der Waals surface area contributed by atoms with Crippen molar-refractivity contribution in [2.75, 3.05) is 0 Å². The Morgan fingerprint density at radius 2 is 1.35 bits per heavy atom. The highest BCUT2D eigenvalue weighted by Gasteiger charge is 2.40. The Labute approximate surface area is 314 Å². The van der Waals surface area contributed by atoms with Gasteiger partial charge >= 0.3 is 0 Å². The van der Waals surface area contributed by atoms with Gasteiger partial charge in [-0.2, -0.15) is 0 Å². The second kappa shape index (κ2) is 15.1. The van der Waals surface area contributed by atoms with E-state index in [1.54, 1.807) is 6.20 Å². The maximum absolute atomic E-state index is 13.7. The van der Waals surface area contributed by atoms with Gasteiger partial charge in [-0.05, 0) is 89.2 Å². The largest absolute Gasteiger partial charge is 0.348 e. The highest BCUT2D eigenvalue weighted by Crippen LogP contribution is 2.40. The summed E-state index contributed by atoms with van der Waals surface area (Å²) in [6.45, 7) is 8.21. The lowest BCUT2D eigenvalue weighted by atomic mass is 9.79. The fraction of sp³-hybridized carbons (Fsp3) is 0.500. The van der Waals surface area contributed by atoms with Gasteiger partial charge in [0.25, 0.3) is 0 Å². The molecule has 0 unspecified atom stereocenters. The summed E-state index contributed by atoms with van der Waals surface area (Å²) in [5, 5.41) is 5.31. The molecule has 2 aliphatic carbocycles. The molecule has 2 N–H and O–H groups in total. The number of aromatic amines is 1. The standard InChI is InChI=1S/C44H50F4N4O2/c1-25(2)35(23-39(53)27-11-15-43(45,46)16-12-27)41-49-24-38(51-41)33-8-7-30-19-29(5-6-31(30)20-33)32-9-10-36-34(21-32)22-37(50-36)40(26(3)4)52-42(54)28-13-17-44(47,48)18-14-28/h5-10,19-21,24-28,35,40H,11-18,22-23H2,1-4H3,(H,49,51)(H,52,54)/t35-,40-/m0/s1. The normalized spacial score (nSPS) is 19.9. The van der Waals surface area contributed by atoms with E-state index in [1.807, 2.05) is 19.9 Å². The van der Waals surface area contributed by atoms with Gasteiger partial charge in [0.1, 0.15) is 11.6 Å². The van der Waals surface area contributed by atoms with E-state index in [1.165, 1.54) is 0 Å². The van der Waals surface area contributed by atoms with E-state index in [0.29, 0.717) is 12.8 Å². The maximum Gasteiger partial charge on any atom is 0.248 e. The number of fused-ring (bicyclic) bond motifs is 2.